The van der Waals surface area contributed by atoms with Gasteiger partial charge in [-0.3, -0.25) is 14.9 Å². The van der Waals surface area contributed by atoms with Crippen molar-refractivity contribution in [3.63, 3.8) is 0 Å². The fraction of sp³-hybridized carbons (Fsp3) is 0.462. The van der Waals surface area contributed by atoms with Crippen LogP contribution >= 0.6 is 0 Å². The lowest BCUT2D eigenvalue weighted by Crippen LogP contribution is -2.33. The molecule has 0 unspecified atom stereocenters. The van der Waals surface area contributed by atoms with E-state index in [9.17, 15) is 23.7 Å². The molecule has 2 aliphatic rings. The van der Waals surface area contributed by atoms with Crippen molar-refractivity contribution in [2.24, 2.45) is 11.8 Å². The first kappa shape index (κ1) is 13.9. The van der Waals surface area contributed by atoms with Crippen LogP contribution in [0.2, 0.25) is 0 Å². The number of carbonyl (C=O) groups excluding carboxylic acids is 1. The number of nitro benzene ring substituents is 1. The van der Waals surface area contributed by atoms with Gasteiger partial charge >= 0.3 is 5.69 Å². The van der Waals surface area contributed by atoms with Crippen LogP contribution in [0.5, 0.6) is 0 Å². The van der Waals surface area contributed by atoms with Crippen molar-refractivity contribution < 1.29 is 18.5 Å². The summed E-state index contributed by atoms with van der Waals surface area (Å²) in [5, 5.41) is 13.9. The second kappa shape index (κ2) is 5.03. The third-order valence-electron chi connectivity index (χ3n) is 4.16. The van der Waals surface area contributed by atoms with Crippen molar-refractivity contribution in [2.75, 3.05) is 26.2 Å². The summed E-state index contributed by atoms with van der Waals surface area (Å²) in [5.74, 6) is -2.74. The van der Waals surface area contributed by atoms with Crippen LogP contribution in [0.25, 0.3) is 0 Å². The first-order valence-electron chi connectivity index (χ1n) is 6.61. The maximum absolute atomic E-state index is 14.0. The summed E-state index contributed by atoms with van der Waals surface area (Å²) in [6, 6.07) is 1.48. The summed E-state index contributed by atoms with van der Waals surface area (Å²) in [6.07, 6.45) is 0. The Hall–Kier alpha value is -2.09. The molecule has 0 saturated carbocycles. The maximum atomic E-state index is 14.0. The van der Waals surface area contributed by atoms with Gasteiger partial charge in [-0.25, -0.2) is 4.39 Å². The largest absolute Gasteiger partial charge is 0.338 e. The monoisotopic (exact) mass is 297 g/mol. The van der Waals surface area contributed by atoms with E-state index in [2.05, 4.69) is 5.32 Å². The first-order chi connectivity index (χ1) is 9.99. The van der Waals surface area contributed by atoms with E-state index in [4.69, 9.17) is 0 Å². The van der Waals surface area contributed by atoms with E-state index >= 15 is 0 Å². The van der Waals surface area contributed by atoms with Crippen molar-refractivity contribution in [3.05, 3.63) is 39.4 Å². The minimum Gasteiger partial charge on any atom is -0.338 e. The number of hydrogen-bond donors (Lipinski definition) is 1. The van der Waals surface area contributed by atoms with Crippen molar-refractivity contribution >= 4 is 11.6 Å². The molecule has 2 heterocycles. The normalized spacial score (nSPS) is 24.2. The van der Waals surface area contributed by atoms with Crippen LogP contribution in [0.15, 0.2) is 12.1 Å². The van der Waals surface area contributed by atoms with Crippen LogP contribution in [0, 0.1) is 33.6 Å². The van der Waals surface area contributed by atoms with Gasteiger partial charge in [-0.15, -0.1) is 0 Å². The summed E-state index contributed by atoms with van der Waals surface area (Å²) >= 11 is 0. The molecule has 112 valence electrons. The number of halogens is 2. The van der Waals surface area contributed by atoms with E-state index in [1.54, 1.807) is 0 Å². The highest BCUT2D eigenvalue weighted by atomic mass is 19.1. The number of rotatable bonds is 2. The van der Waals surface area contributed by atoms with Gasteiger partial charge in [0.15, 0.2) is 0 Å². The number of nitro groups is 1. The molecule has 2 aliphatic heterocycles. The molecule has 21 heavy (non-hydrogen) atoms. The Morgan fingerprint density at radius 3 is 2.48 bits per heavy atom. The Labute approximate surface area is 118 Å². The molecule has 0 bridgehead atoms. The van der Waals surface area contributed by atoms with Gasteiger partial charge in [-0.2, -0.15) is 4.39 Å². The fourth-order valence-electron chi connectivity index (χ4n) is 3.06. The molecule has 1 N–H and O–H groups in total. The zero-order chi connectivity index (χ0) is 15.1. The standard InChI is InChI=1S/C13H13F2N3O3/c14-9-1-2-10(18(20)21)12(15)11(9)13(19)17-5-7-3-16-4-8(7)6-17/h1-2,7-8,16H,3-6H2/t7-,8+. The van der Waals surface area contributed by atoms with Crippen molar-refractivity contribution in [1.29, 1.82) is 0 Å². The van der Waals surface area contributed by atoms with Crippen molar-refractivity contribution in [3.8, 4) is 0 Å². The number of likely N-dealkylation sites (tertiary alicyclic amines) is 1. The molecular weight excluding hydrogens is 284 g/mol. The predicted octanol–water partition coefficient (Wildman–Crippen LogP) is 1.16. The van der Waals surface area contributed by atoms with E-state index in [0.717, 1.165) is 25.2 Å². The van der Waals surface area contributed by atoms with Crippen LogP contribution in [0.3, 0.4) is 0 Å². The lowest BCUT2D eigenvalue weighted by atomic mass is 10.0. The summed E-state index contributed by atoms with van der Waals surface area (Å²) in [5.41, 5.74) is -1.72. The molecule has 2 saturated heterocycles. The van der Waals surface area contributed by atoms with Crippen LogP contribution in [-0.2, 0) is 0 Å². The molecule has 1 aromatic rings. The number of benzene rings is 1. The molecule has 2 atom stereocenters. The van der Waals surface area contributed by atoms with Gasteiger partial charge < -0.3 is 10.2 Å². The molecule has 8 heteroatoms. The van der Waals surface area contributed by atoms with E-state index in [1.807, 2.05) is 0 Å². The minimum atomic E-state index is -1.40. The molecule has 6 nitrogen and oxygen atoms in total. The van der Waals surface area contributed by atoms with Crippen molar-refractivity contribution in [2.45, 2.75) is 0 Å². The average molecular weight is 297 g/mol. The van der Waals surface area contributed by atoms with Crippen LogP contribution in [0.1, 0.15) is 10.4 Å². The zero-order valence-corrected chi connectivity index (χ0v) is 11.0. The Morgan fingerprint density at radius 1 is 1.29 bits per heavy atom. The van der Waals surface area contributed by atoms with Gasteiger partial charge in [0.2, 0.25) is 5.82 Å². The molecule has 1 aromatic carbocycles. The van der Waals surface area contributed by atoms with Crippen LogP contribution in [0.4, 0.5) is 14.5 Å². The number of fused-ring (bicyclic) bond motifs is 1. The molecule has 0 radical (unpaired) electrons. The molecule has 1 amide bonds. The maximum Gasteiger partial charge on any atom is 0.305 e. The van der Waals surface area contributed by atoms with Crippen LogP contribution < -0.4 is 5.32 Å². The SMILES string of the molecule is O=C(c1c(F)ccc([N+](=O)[O-])c1F)N1C[C@H]2CNC[C@H]2C1. The Kier molecular flexibility index (Phi) is 3.32. The second-order valence-electron chi connectivity index (χ2n) is 5.40. The molecule has 0 spiro atoms. The summed E-state index contributed by atoms with van der Waals surface area (Å²) < 4.78 is 27.8. The Balaban J connectivity index is 1.91. The molecule has 0 aliphatic carbocycles. The lowest BCUT2D eigenvalue weighted by Gasteiger charge is -2.18. The third-order valence-corrected chi connectivity index (χ3v) is 4.16. The fourth-order valence-corrected chi connectivity index (χ4v) is 3.06. The quantitative estimate of drug-likeness (QED) is 0.656. The molecular formula is C13H13F2N3O3. The van der Waals surface area contributed by atoms with E-state index in [1.165, 1.54) is 4.90 Å². The van der Waals surface area contributed by atoms with Gasteiger partial charge in [0, 0.05) is 32.2 Å². The highest BCUT2D eigenvalue weighted by molar-refractivity contribution is 5.95. The lowest BCUT2D eigenvalue weighted by molar-refractivity contribution is -0.387. The number of hydrogen-bond acceptors (Lipinski definition) is 4. The van der Waals surface area contributed by atoms with E-state index in [0.29, 0.717) is 13.1 Å². The first-order valence-corrected chi connectivity index (χ1v) is 6.61. The molecule has 3 rings (SSSR count). The van der Waals surface area contributed by atoms with Gasteiger partial charge in [-0.1, -0.05) is 0 Å². The number of nitrogens with one attached hydrogen (secondary N) is 1. The Bertz CT molecular complexity index is 611. The highest BCUT2D eigenvalue weighted by Crippen LogP contribution is 2.30. The van der Waals surface area contributed by atoms with Crippen molar-refractivity contribution in [1.82, 2.24) is 10.2 Å². The topological polar surface area (TPSA) is 75.5 Å². The second-order valence-corrected chi connectivity index (χ2v) is 5.40. The minimum absolute atomic E-state index is 0.277. The Morgan fingerprint density at radius 2 is 1.90 bits per heavy atom. The third kappa shape index (κ3) is 2.25. The highest BCUT2D eigenvalue weighted by Gasteiger charge is 2.40. The van der Waals surface area contributed by atoms with E-state index < -0.39 is 33.7 Å². The summed E-state index contributed by atoms with van der Waals surface area (Å²) in [4.78, 5) is 23.4. The van der Waals surface area contributed by atoms with Gasteiger partial charge in [0.1, 0.15) is 11.4 Å². The predicted molar refractivity (Wildman–Crippen MR) is 68.8 cm³/mol. The van der Waals surface area contributed by atoms with Gasteiger partial charge in [0.25, 0.3) is 5.91 Å². The van der Waals surface area contributed by atoms with Gasteiger partial charge in [-0.05, 0) is 17.9 Å². The zero-order valence-electron chi connectivity index (χ0n) is 11.0. The average Bonchev–Trinajstić information content (AvgIpc) is 2.98. The van der Waals surface area contributed by atoms with E-state index in [-0.39, 0.29) is 11.8 Å². The smallest absolute Gasteiger partial charge is 0.305 e. The number of amides is 1. The summed E-state index contributed by atoms with van der Waals surface area (Å²) in [6.45, 7) is 2.37. The summed E-state index contributed by atoms with van der Waals surface area (Å²) in [7, 11) is 0. The molecule has 2 fully saturated rings. The number of carbonyl (C=O) groups is 1. The van der Waals surface area contributed by atoms with Crippen LogP contribution in [-0.4, -0.2) is 41.9 Å². The number of nitrogens with zero attached hydrogens (tertiary/aromatic N) is 2. The molecule has 0 aromatic heterocycles. The van der Waals surface area contributed by atoms with Gasteiger partial charge in [0.05, 0.1) is 4.92 Å².